The largest absolute Gasteiger partial charge is 0.493 e. The molecule has 0 saturated carbocycles. The van der Waals surface area contributed by atoms with Crippen molar-refractivity contribution in [2.24, 2.45) is 0 Å². The van der Waals surface area contributed by atoms with Crippen LogP contribution in [0.4, 0.5) is 5.69 Å². The monoisotopic (exact) mass is 393 g/mol. The minimum atomic E-state index is 0.0524. The molecule has 3 aromatic rings. The summed E-state index contributed by atoms with van der Waals surface area (Å²) in [5, 5.41) is 4.03. The van der Waals surface area contributed by atoms with Gasteiger partial charge in [0.2, 0.25) is 17.6 Å². The fourth-order valence-corrected chi connectivity index (χ4v) is 3.58. The number of aryl methyl sites for hydroxylation is 1. The summed E-state index contributed by atoms with van der Waals surface area (Å²) in [4.78, 5) is 19.2. The van der Waals surface area contributed by atoms with Crippen molar-refractivity contribution in [3.05, 3.63) is 53.4 Å². The lowest BCUT2D eigenvalue weighted by Crippen LogP contribution is -2.30. The average Bonchev–Trinajstić information content (AvgIpc) is 3.40. The molecule has 0 unspecified atom stereocenters. The van der Waals surface area contributed by atoms with Crippen LogP contribution in [0.25, 0.3) is 11.4 Å². The number of carbonyl (C=O) groups is 1. The van der Waals surface area contributed by atoms with Crippen LogP contribution in [0.5, 0.6) is 11.5 Å². The molecule has 0 radical (unpaired) electrons. The maximum atomic E-state index is 12.9. The quantitative estimate of drug-likeness (QED) is 0.638. The fourth-order valence-electron chi connectivity index (χ4n) is 3.58. The van der Waals surface area contributed by atoms with E-state index < -0.39 is 0 Å². The highest BCUT2D eigenvalue weighted by atomic mass is 16.5. The van der Waals surface area contributed by atoms with Gasteiger partial charge in [-0.05, 0) is 47.9 Å². The number of anilines is 1. The first-order valence-corrected chi connectivity index (χ1v) is 9.60. The number of ether oxygens (including phenoxy) is 2. The number of nitrogens with zero attached hydrogens (tertiary/aromatic N) is 3. The van der Waals surface area contributed by atoms with Crippen molar-refractivity contribution < 1.29 is 18.8 Å². The number of aromatic nitrogens is 2. The van der Waals surface area contributed by atoms with Crippen LogP contribution in [-0.4, -0.2) is 36.8 Å². The smallest absolute Gasteiger partial charge is 0.231 e. The van der Waals surface area contributed by atoms with Crippen LogP contribution in [0, 0.1) is 0 Å². The first kappa shape index (κ1) is 19.0. The number of hydrogen-bond donors (Lipinski definition) is 0. The van der Waals surface area contributed by atoms with Gasteiger partial charge in [0.25, 0.3) is 0 Å². The van der Waals surface area contributed by atoms with Crippen LogP contribution in [-0.2, 0) is 24.1 Å². The molecule has 0 fully saturated rings. The van der Waals surface area contributed by atoms with Gasteiger partial charge >= 0.3 is 0 Å². The molecule has 0 atom stereocenters. The standard InChI is InChI=1S/C22H23N3O4/c1-4-20-23-22(24-29-20)16-6-7-17-15(13-16)9-10-25(17)21(26)12-14-5-8-18(27-2)19(11-14)28-3/h5-8,11,13H,4,9-10,12H2,1-3H3. The molecular weight excluding hydrogens is 370 g/mol. The van der Waals surface area contributed by atoms with Crippen molar-refractivity contribution in [2.45, 2.75) is 26.2 Å². The second-order valence-corrected chi connectivity index (χ2v) is 6.87. The minimum absolute atomic E-state index is 0.0524. The fraction of sp³-hybridized carbons (Fsp3) is 0.318. The summed E-state index contributed by atoms with van der Waals surface area (Å²) in [6.07, 6.45) is 1.81. The van der Waals surface area contributed by atoms with E-state index in [4.69, 9.17) is 14.0 Å². The van der Waals surface area contributed by atoms with Gasteiger partial charge in [-0.2, -0.15) is 4.98 Å². The normalized spacial score (nSPS) is 12.7. The minimum Gasteiger partial charge on any atom is -0.493 e. The van der Waals surface area contributed by atoms with Crippen molar-refractivity contribution in [1.82, 2.24) is 10.1 Å². The van der Waals surface area contributed by atoms with Crippen LogP contribution in [0.15, 0.2) is 40.9 Å². The number of carbonyl (C=O) groups excluding carboxylic acids is 1. The van der Waals surface area contributed by atoms with E-state index in [1.807, 2.05) is 48.2 Å². The van der Waals surface area contributed by atoms with Crippen molar-refractivity contribution in [3.63, 3.8) is 0 Å². The summed E-state index contributed by atoms with van der Waals surface area (Å²) in [5.74, 6) is 2.52. The molecule has 7 nitrogen and oxygen atoms in total. The Hall–Kier alpha value is -3.35. The van der Waals surface area contributed by atoms with E-state index in [-0.39, 0.29) is 5.91 Å². The molecule has 1 amide bonds. The zero-order valence-corrected chi connectivity index (χ0v) is 16.8. The van der Waals surface area contributed by atoms with Gasteiger partial charge in [0, 0.05) is 24.2 Å². The summed E-state index contributed by atoms with van der Waals surface area (Å²) >= 11 is 0. The number of hydrogen-bond acceptors (Lipinski definition) is 6. The molecule has 0 aliphatic carbocycles. The summed E-state index contributed by atoms with van der Waals surface area (Å²) in [5.41, 5.74) is 3.85. The van der Waals surface area contributed by atoms with Crippen molar-refractivity contribution in [3.8, 4) is 22.9 Å². The molecular formula is C22H23N3O4. The van der Waals surface area contributed by atoms with Gasteiger partial charge in [0.1, 0.15) is 0 Å². The summed E-state index contributed by atoms with van der Waals surface area (Å²) in [7, 11) is 3.18. The number of methoxy groups -OCH3 is 2. The van der Waals surface area contributed by atoms with Gasteiger partial charge < -0.3 is 18.9 Å². The summed E-state index contributed by atoms with van der Waals surface area (Å²) in [6.45, 7) is 2.64. The lowest BCUT2D eigenvalue weighted by Gasteiger charge is -2.18. The molecule has 1 aliphatic heterocycles. The second-order valence-electron chi connectivity index (χ2n) is 6.87. The Bertz CT molecular complexity index is 1040. The highest BCUT2D eigenvalue weighted by molar-refractivity contribution is 5.97. The topological polar surface area (TPSA) is 77.7 Å². The molecule has 29 heavy (non-hydrogen) atoms. The Morgan fingerprint density at radius 1 is 1.14 bits per heavy atom. The van der Waals surface area contributed by atoms with Gasteiger partial charge in [0.15, 0.2) is 11.5 Å². The number of fused-ring (bicyclic) bond motifs is 1. The zero-order chi connectivity index (χ0) is 20.4. The van der Waals surface area contributed by atoms with E-state index in [0.717, 1.165) is 28.8 Å². The molecule has 1 aromatic heterocycles. The summed E-state index contributed by atoms with van der Waals surface area (Å²) < 4.78 is 15.8. The zero-order valence-electron chi connectivity index (χ0n) is 16.8. The van der Waals surface area contributed by atoms with E-state index in [9.17, 15) is 4.79 Å². The maximum Gasteiger partial charge on any atom is 0.231 e. The molecule has 7 heteroatoms. The van der Waals surface area contributed by atoms with E-state index in [2.05, 4.69) is 10.1 Å². The van der Waals surface area contributed by atoms with Crippen molar-refractivity contribution in [2.75, 3.05) is 25.7 Å². The first-order valence-electron chi connectivity index (χ1n) is 9.60. The molecule has 2 heterocycles. The van der Waals surface area contributed by atoms with Gasteiger partial charge in [-0.15, -0.1) is 0 Å². The molecule has 2 aromatic carbocycles. The highest BCUT2D eigenvalue weighted by Gasteiger charge is 2.25. The number of amides is 1. The van der Waals surface area contributed by atoms with Gasteiger partial charge in [0.05, 0.1) is 20.6 Å². The lowest BCUT2D eigenvalue weighted by atomic mass is 10.1. The first-order chi connectivity index (χ1) is 14.1. The van der Waals surface area contributed by atoms with Crippen molar-refractivity contribution >= 4 is 11.6 Å². The molecule has 1 aliphatic rings. The Labute approximate surface area is 169 Å². The highest BCUT2D eigenvalue weighted by Crippen LogP contribution is 2.33. The van der Waals surface area contributed by atoms with Gasteiger partial charge in [-0.1, -0.05) is 18.1 Å². The average molecular weight is 393 g/mol. The van der Waals surface area contributed by atoms with Crippen LogP contribution in [0.1, 0.15) is 23.9 Å². The lowest BCUT2D eigenvalue weighted by molar-refractivity contribution is -0.117. The third kappa shape index (κ3) is 3.68. The van der Waals surface area contributed by atoms with Gasteiger partial charge in [-0.25, -0.2) is 0 Å². The molecule has 0 saturated heterocycles. The Kier molecular flexibility index (Phi) is 5.20. The SMILES string of the molecule is CCc1nc(-c2ccc3c(c2)CCN3C(=O)Cc2ccc(OC)c(OC)c2)no1. The third-order valence-electron chi connectivity index (χ3n) is 5.11. The molecule has 150 valence electrons. The summed E-state index contributed by atoms with van der Waals surface area (Å²) in [6, 6.07) is 11.5. The third-order valence-corrected chi connectivity index (χ3v) is 5.11. The number of benzene rings is 2. The Balaban J connectivity index is 1.52. The van der Waals surface area contributed by atoms with Crippen molar-refractivity contribution in [1.29, 1.82) is 0 Å². The maximum absolute atomic E-state index is 12.9. The van der Waals surface area contributed by atoms with E-state index in [0.29, 0.717) is 42.6 Å². The van der Waals surface area contributed by atoms with E-state index in [1.54, 1.807) is 14.2 Å². The molecule has 0 bridgehead atoms. The van der Waals surface area contributed by atoms with Crippen LogP contribution >= 0.6 is 0 Å². The predicted octanol–water partition coefficient (Wildman–Crippen LogP) is 3.45. The number of rotatable bonds is 6. The van der Waals surface area contributed by atoms with Gasteiger partial charge in [-0.3, -0.25) is 4.79 Å². The van der Waals surface area contributed by atoms with Crippen LogP contribution in [0.2, 0.25) is 0 Å². The predicted molar refractivity (Wildman–Crippen MR) is 108 cm³/mol. The molecule has 0 N–H and O–H groups in total. The van der Waals surface area contributed by atoms with E-state index >= 15 is 0 Å². The van der Waals surface area contributed by atoms with Crippen LogP contribution in [0.3, 0.4) is 0 Å². The molecule has 0 spiro atoms. The Morgan fingerprint density at radius 2 is 1.97 bits per heavy atom. The second kappa shape index (κ2) is 7.95. The van der Waals surface area contributed by atoms with Crippen LogP contribution < -0.4 is 14.4 Å². The molecule has 4 rings (SSSR count). The Morgan fingerprint density at radius 3 is 2.69 bits per heavy atom. The van der Waals surface area contributed by atoms with E-state index in [1.165, 1.54) is 0 Å².